The molecule has 0 aliphatic carbocycles. The van der Waals surface area contributed by atoms with Gasteiger partial charge in [-0.25, -0.2) is 4.68 Å². The molecule has 0 saturated carbocycles. The van der Waals surface area contributed by atoms with Crippen molar-refractivity contribution >= 4 is 17.5 Å². The first-order valence-corrected chi connectivity index (χ1v) is 7.19. The van der Waals surface area contributed by atoms with Crippen molar-refractivity contribution in [1.82, 2.24) is 15.1 Å². The number of hydrogen-bond donors (Lipinski definition) is 2. The van der Waals surface area contributed by atoms with Gasteiger partial charge >= 0.3 is 0 Å². The minimum atomic E-state index is -0.138. The number of carbonyl (C=O) groups excluding carboxylic acids is 1. The second-order valence-electron chi connectivity index (χ2n) is 5.09. The molecular formula is C15H19ClN4O. The number of aromatic nitrogens is 2. The van der Waals surface area contributed by atoms with Crippen LogP contribution in [0, 0.1) is 12.8 Å². The summed E-state index contributed by atoms with van der Waals surface area (Å²) in [4.78, 5) is 12.2. The molecule has 1 heterocycles. The lowest BCUT2D eigenvalue weighted by atomic mass is 10.1. The van der Waals surface area contributed by atoms with Crippen LogP contribution in [0.5, 0.6) is 0 Å². The smallest absolute Gasteiger partial charge is 0.254 e. The SMILES string of the molecule is Cc1c(C(=O)NCC(C)CN)cnn1-c1cccc(Cl)c1. The van der Waals surface area contributed by atoms with Gasteiger partial charge in [0.15, 0.2) is 0 Å². The molecule has 1 atom stereocenters. The Hall–Kier alpha value is -1.85. The lowest BCUT2D eigenvalue weighted by Crippen LogP contribution is -2.31. The number of rotatable bonds is 5. The summed E-state index contributed by atoms with van der Waals surface area (Å²) in [5.41, 5.74) is 7.70. The van der Waals surface area contributed by atoms with Crippen LogP contribution < -0.4 is 11.1 Å². The van der Waals surface area contributed by atoms with E-state index in [1.165, 1.54) is 0 Å². The Bertz CT molecular complexity index is 638. The van der Waals surface area contributed by atoms with Crippen LogP contribution in [0.25, 0.3) is 5.69 Å². The number of benzene rings is 1. The van der Waals surface area contributed by atoms with Crippen LogP contribution in [-0.2, 0) is 0 Å². The fraction of sp³-hybridized carbons (Fsp3) is 0.333. The average molecular weight is 307 g/mol. The summed E-state index contributed by atoms with van der Waals surface area (Å²) in [6.07, 6.45) is 1.57. The first kappa shape index (κ1) is 15.5. The van der Waals surface area contributed by atoms with Gasteiger partial charge in [-0.15, -0.1) is 0 Å². The maximum Gasteiger partial charge on any atom is 0.254 e. The molecule has 112 valence electrons. The number of halogens is 1. The summed E-state index contributed by atoms with van der Waals surface area (Å²) in [7, 11) is 0. The monoisotopic (exact) mass is 306 g/mol. The van der Waals surface area contributed by atoms with Crippen molar-refractivity contribution in [3.05, 3.63) is 46.7 Å². The molecule has 0 radical (unpaired) electrons. The third-order valence-electron chi connectivity index (χ3n) is 3.32. The van der Waals surface area contributed by atoms with Crippen LogP contribution in [0.1, 0.15) is 23.0 Å². The van der Waals surface area contributed by atoms with Crippen molar-refractivity contribution < 1.29 is 4.79 Å². The van der Waals surface area contributed by atoms with E-state index in [4.69, 9.17) is 17.3 Å². The number of nitrogens with two attached hydrogens (primary N) is 1. The maximum atomic E-state index is 12.2. The van der Waals surface area contributed by atoms with Crippen LogP contribution in [-0.4, -0.2) is 28.8 Å². The van der Waals surface area contributed by atoms with E-state index in [0.717, 1.165) is 11.4 Å². The third kappa shape index (κ3) is 3.62. The van der Waals surface area contributed by atoms with Crippen molar-refractivity contribution in [1.29, 1.82) is 0 Å². The number of nitrogens with zero attached hydrogens (tertiary/aromatic N) is 2. The van der Waals surface area contributed by atoms with Crippen LogP contribution >= 0.6 is 11.6 Å². The number of carbonyl (C=O) groups is 1. The van der Waals surface area contributed by atoms with Crippen molar-refractivity contribution in [3.63, 3.8) is 0 Å². The zero-order valence-corrected chi connectivity index (χ0v) is 12.9. The van der Waals surface area contributed by atoms with Gasteiger partial charge in [0.05, 0.1) is 23.1 Å². The molecule has 1 aromatic carbocycles. The summed E-state index contributed by atoms with van der Waals surface area (Å²) >= 11 is 5.98. The predicted octanol–water partition coefficient (Wildman–Crippen LogP) is 2.16. The maximum absolute atomic E-state index is 12.2. The van der Waals surface area contributed by atoms with Gasteiger partial charge < -0.3 is 11.1 Å². The molecule has 0 aliphatic rings. The quantitative estimate of drug-likeness (QED) is 0.889. The van der Waals surface area contributed by atoms with E-state index in [1.807, 2.05) is 26.0 Å². The number of amides is 1. The Labute approximate surface area is 129 Å². The minimum Gasteiger partial charge on any atom is -0.352 e. The summed E-state index contributed by atoms with van der Waals surface area (Å²) in [6.45, 7) is 4.94. The van der Waals surface area contributed by atoms with Gasteiger partial charge in [-0.2, -0.15) is 5.10 Å². The van der Waals surface area contributed by atoms with Gasteiger partial charge in [-0.1, -0.05) is 24.6 Å². The highest BCUT2D eigenvalue weighted by molar-refractivity contribution is 6.30. The van der Waals surface area contributed by atoms with Crippen molar-refractivity contribution in [2.24, 2.45) is 11.7 Å². The van der Waals surface area contributed by atoms with E-state index in [-0.39, 0.29) is 11.8 Å². The largest absolute Gasteiger partial charge is 0.352 e. The normalized spacial score (nSPS) is 12.2. The fourth-order valence-electron chi connectivity index (χ4n) is 1.95. The predicted molar refractivity (Wildman–Crippen MR) is 83.9 cm³/mol. The van der Waals surface area contributed by atoms with Crippen LogP contribution in [0.15, 0.2) is 30.5 Å². The van der Waals surface area contributed by atoms with Gasteiger partial charge in [0.25, 0.3) is 5.91 Å². The van der Waals surface area contributed by atoms with Gasteiger partial charge in [-0.05, 0) is 37.6 Å². The summed E-state index contributed by atoms with van der Waals surface area (Å²) in [5.74, 6) is 0.110. The molecule has 21 heavy (non-hydrogen) atoms. The van der Waals surface area contributed by atoms with E-state index in [9.17, 15) is 4.79 Å². The molecule has 3 N–H and O–H groups in total. The first-order valence-electron chi connectivity index (χ1n) is 6.81. The molecule has 1 unspecified atom stereocenters. The molecule has 0 saturated heterocycles. The van der Waals surface area contributed by atoms with Crippen molar-refractivity contribution in [3.8, 4) is 5.69 Å². The summed E-state index contributed by atoms with van der Waals surface area (Å²) in [6, 6.07) is 7.34. The Morgan fingerprint density at radius 2 is 2.29 bits per heavy atom. The molecule has 1 aromatic heterocycles. The number of nitrogens with one attached hydrogen (secondary N) is 1. The highest BCUT2D eigenvalue weighted by atomic mass is 35.5. The van der Waals surface area contributed by atoms with E-state index in [1.54, 1.807) is 23.0 Å². The molecule has 0 bridgehead atoms. The Morgan fingerprint density at radius 3 is 2.95 bits per heavy atom. The standard InChI is InChI=1S/C15H19ClN4O/c1-10(7-17)8-18-15(21)14-9-19-20(11(14)2)13-5-3-4-12(16)6-13/h3-6,9-10H,7-8,17H2,1-2H3,(H,18,21). The zero-order chi connectivity index (χ0) is 15.4. The second kappa shape index (κ2) is 6.74. The molecular weight excluding hydrogens is 288 g/mol. The topological polar surface area (TPSA) is 72.9 Å². The second-order valence-corrected chi connectivity index (χ2v) is 5.52. The lowest BCUT2D eigenvalue weighted by molar-refractivity contribution is 0.0948. The molecule has 2 aromatic rings. The molecule has 0 fully saturated rings. The van der Waals surface area contributed by atoms with Gasteiger partial charge in [0.1, 0.15) is 0 Å². The molecule has 2 rings (SSSR count). The van der Waals surface area contributed by atoms with Crippen LogP contribution in [0.2, 0.25) is 5.02 Å². The zero-order valence-electron chi connectivity index (χ0n) is 12.1. The summed E-state index contributed by atoms with van der Waals surface area (Å²) in [5, 5.41) is 7.77. The van der Waals surface area contributed by atoms with Gasteiger partial charge in [0, 0.05) is 11.6 Å². The highest BCUT2D eigenvalue weighted by Gasteiger charge is 2.15. The molecule has 6 heteroatoms. The van der Waals surface area contributed by atoms with Crippen molar-refractivity contribution in [2.75, 3.05) is 13.1 Å². The fourth-order valence-corrected chi connectivity index (χ4v) is 2.13. The highest BCUT2D eigenvalue weighted by Crippen LogP contribution is 2.17. The van der Waals surface area contributed by atoms with Gasteiger partial charge in [0.2, 0.25) is 0 Å². The molecule has 5 nitrogen and oxygen atoms in total. The Kier molecular flexibility index (Phi) is 4.98. The Morgan fingerprint density at radius 1 is 1.52 bits per heavy atom. The third-order valence-corrected chi connectivity index (χ3v) is 3.56. The lowest BCUT2D eigenvalue weighted by Gasteiger charge is -2.10. The number of hydrogen-bond acceptors (Lipinski definition) is 3. The minimum absolute atomic E-state index is 0.138. The molecule has 1 amide bonds. The van der Waals surface area contributed by atoms with E-state index >= 15 is 0 Å². The van der Waals surface area contributed by atoms with Crippen molar-refractivity contribution in [2.45, 2.75) is 13.8 Å². The van der Waals surface area contributed by atoms with Crippen LogP contribution in [0.4, 0.5) is 0 Å². The summed E-state index contributed by atoms with van der Waals surface area (Å²) < 4.78 is 1.70. The van der Waals surface area contributed by atoms with E-state index in [0.29, 0.717) is 23.7 Å². The molecule has 0 spiro atoms. The van der Waals surface area contributed by atoms with E-state index in [2.05, 4.69) is 10.4 Å². The average Bonchev–Trinajstić information content (AvgIpc) is 2.86. The Balaban J connectivity index is 2.19. The van der Waals surface area contributed by atoms with E-state index < -0.39 is 0 Å². The first-order chi connectivity index (χ1) is 10.0. The molecule has 0 aliphatic heterocycles. The van der Waals surface area contributed by atoms with Crippen LogP contribution in [0.3, 0.4) is 0 Å². The van der Waals surface area contributed by atoms with Gasteiger partial charge in [-0.3, -0.25) is 4.79 Å².